The van der Waals surface area contributed by atoms with Gasteiger partial charge in [-0.2, -0.15) is 0 Å². The molecule has 2 atom stereocenters. The molecule has 0 radical (unpaired) electrons. The zero-order valence-corrected chi connectivity index (χ0v) is 33.3. The van der Waals surface area contributed by atoms with Gasteiger partial charge in [-0.25, -0.2) is 0 Å². The summed E-state index contributed by atoms with van der Waals surface area (Å²) in [5.41, 5.74) is 0. The molecule has 2 unspecified atom stereocenters. The zero-order chi connectivity index (χ0) is 35.5. The minimum atomic E-state index is -0.0342. The van der Waals surface area contributed by atoms with Crippen LogP contribution in [0.25, 0.3) is 0 Å². The summed E-state index contributed by atoms with van der Waals surface area (Å²) in [5, 5.41) is 0. The van der Waals surface area contributed by atoms with Crippen LogP contribution in [0.5, 0.6) is 0 Å². The SMILES string of the molecule is CCCCCCCCC(CN(CC)CCN(CC)CC(CCCCCCCC)OC(=O)CCCCCCC)OC(=O)CCCCCCC. The fourth-order valence-corrected chi connectivity index (χ4v) is 6.53. The molecular formula is C42H84N2O4. The highest BCUT2D eigenvalue weighted by Gasteiger charge is 2.21. The quantitative estimate of drug-likeness (QED) is 0.0481. The molecule has 0 aliphatic heterocycles. The Hall–Kier alpha value is -1.14. The average Bonchev–Trinajstić information content (AvgIpc) is 3.08. The first-order chi connectivity index (χ1) is 23.4. The molecule has 0 aromatic heterocycles. The third-order valence-electron chi connectivity index (χ3n) is 9.87. The molecule has 6 heteroatoms. The summed E-state index contributed by atoms with van der Waals surface area (Å²) in [6.07, 6.45) is 29.4. The minimum Gasteiger partial charge on any atom is -0.461 e. The molecule has 0 N–H and O–H groups in total. The summed E-state index contributed by atoms with van der Waals surface area (Å²) in [7, 11) is 0. The Morgan fingerprint density at radius 1 is 0.417 bits per heavy atom. The Labute approximate surface area is 300 Å². The van der Waals surface area contributed by atoms with Gasteiger partial charge in [-0.3, -0.25) is 19.4 Å². The molecule has 6 nitrogen and oxygen atoms in total. The van der Waals surface area contributed by atoms with Crippen LogP contribution in [-0.2, 0) is 19.1 Å². The summed E-state index contributed by atoms with van der Waals surface area (Å²) in [6.45, 7) is 18.8. The fourth-order valence-electron chi connectivity index (χ4n) is 6.53. The van der Waals surface area contributed by atoms with Gasteiger partial charge in [0.05, 0.1) is 0 Å². The van der Waals surface area contributed by atoms with Crippen LogP contribution in [-0.4, -0.2) is 73.2 Å². The summed E-state index contributed by atoms with van der Waals surface area (Å²) < 4.78 is 12.3. The smallest absolute Gasteiger partial charge is 0.306 e. The van der Waals surface area contributed by atoms with E-state index in [9.17, 15) is 9.59 Å². The molecule has 0 amide bonds. The van der Waals surface area contributed by atoms with Crippen molar-refractivity contribution >= 4 is 11.9 Å². The molecule has 0 heterocycles. The summed E-state index contributed by atoms with van der Waals surface area (Å²) in [6, 6.07) is 0. The van der Waals surface area contributed by atoms with E-state index in [1.165, 1.54) is 103 Å². The van der Waals surface area contributed by atoms with Crippen molar-refractivity contribution in [3.63, 3.8) is 0 Å². The maximum absolute atomic E-state index is 12.8. The number of hydrogen-bond acceptors (Lipinski definition) is 6. The molecule has 286 valence electrons. The van der Waals surface area contributed by atoms with Crippen LogP contribution in [0.3, 0.4) is 0 Å². The van der Waals surface area contributed by atoms with Gasteiger partial charge in [0.25, 0.3) is 0 Å². The highest BCUT2D eigenvalue weighted by molar-refractivity contribution is 5.69. The van der Waals surface area contributed by atoms with Gasteiger partial charge in [-0.05, 0) is 51.6 Å². The number of carbonyl (C=O) groups is 2. The average molecular weight is 681 g/mol. The lowest BCUT2D eigenvalue weighted by molar-refractivity contribution is -0.152. The van der Waals surface area contributed by atoms with Crippen LogP contribution >= 0.6 is 0 Å². The van der Waals surface area contributed by atoms with E-state index < -0.39 is 0 Å². The van der Waals surface area contributed by atoms with Gasteiger partial charge < -0.3 is 9.47 Å². The minimum absolute atomic E-state index is 0.0153. The second kappa shape index (κ2) is 35.7. The van der Waals surface area contributed by atoms with E-state index in [0.29, 0.717) is 12.8 Å². The van der Waals surface area contributed by atoms with E-state index >= 15 is 0 Å². The van der Waals surface area contributed by atoms with Crippen LogP contribution in [0.2, 0.25) is 0 Å². The van der Waals surface area contributed by atoms with Crippen LogP contribution in [0, 0.1) is 0 Å². The van der Waals surface area contributed by atoms with E-state index in [1.807, 2.05) is 0 Å². The lowest BCUT2D eigenvalue weighted by Crippen LogP contribution is -2.42. The van der Waals surface area contributed by atoms with Crippen molar-refractivity contribution in [1.29, 1.82) is 0 Å². The number of nitrogens with zero attached hydrogens (tertiary/aromatic N) is 2. The molecule has 0 rings (SSSR count). The van der Waals surface area contributed by atoms with Crippen molar-refractivity contribution in [1.82, 2.24) is 9.80 Å². The Bertz CT molecular complexity index is 645. The van der Waals surface area contributed by atoms with Gasteiger partial charge in [0, 0.05) is 39.0 Å². The number of rotatable bonds is 37. The van der Waals surface area contributed by atoms with Gasteiger partial charge >= 0.3 is 11.9 Å². The van der Waals surface area contributed by atoms with Gasteiger partial charge in [-0.1, -0.05) is 157 Å². The maximum Gasteiger partial charge on any atom is 0.306 e. The molecule has 0 saturated heterocycles. The topological polar surface area (TPSA) is 59.1 Å². The first kappa shape index (κ1) is 46.9. The van der Waals surface area contributed by atoms with Crippen molar-refractivity contribution in [3.8, 4) is 0 Å². The third kappa shape index (κ3) is 29.7. The number of esters is 2. The summed E-state index contributed by atoms with van der Waals surface area (Å²) >= 11 is 0. The third-order valence-corrected chi connectivity index (χ3v) is 9.87. The number of hydrogen-bond donors (Lipinski definition) is 0. The number of likely N-dealkylation sites (N-methyl/N-ethyl adjacent to an activating group) is 2. The molecule has 0 spiro atoms. The van der Waals surface area contributed by atoms with E-state index in [0.717, 1.165) is 90.6 Å². The Morgan fingerprint density at radius 2 is 0.708 bits per heavy atom. The summed E-state index contributed by atoms with van der Waals surface area (Å²) in [4.78, 5) is 30.6. The first-order valence-electron chi connectivity index (χ1n) is 21.3. The predicted molar refractivity (Wildman–Crippen MR) is 207 cm³/mol. The predicted octanol–water partition coefficient (Wildman–Crippen LogP) is 11.7. The number of carbonyl (C=O) groups excluding carboxylic acids is 2. The maximum atomic E-state index is 12.8. The van der Waals surface area contributed by atoms with Gasteiger partial charge in [-0.15, -0.1) is 0 Å². The van der Waals surface area contributed by atoms with Gasteiger partial charge in [0.1, 0.15) is 12.2 Å². The van der Waals surface area contributed by atoms with Crippen molar-refractivity contribution in [2.75, 3.05) is 39.3 Å². The Kier molecular flexibility index (Phi) is 34.8. The normalized spacial score (nSPS) is 12.9. The monoisotopic (exact) mass is 681 g/mol. The van der Waals surface area contributed by atoms with E-state index in [4.69, 9.17) is 9.47 Å². The molecule has 0 aromatic carbocycles. The molecule has 0 bridgehead atoms. The number of ether oxygens (including phenoxy) is 2. The van der Waals surface area contributed by atoms with Crippen molar-refractivity contribution in [3.05, 3.63) is 0 Å². The molecule has 48 heavy (non-hydrogen) atoms. The van der Waals surface area contributed by atoms with Crippen molar-refractivity contribution < 1.29 is 19.1 Å². The van der Waals surface area contributed by atoms with Crippen LogP contribution < -0.4 is 0 Å². The molecule has 0 aliphatic rings. The highest BCUT2D eigenvalue weighted by atomic mass is 16.5. The molecule has 0 saturated carbocycles. The van der Waals surface area contributed by atoms with Crippen molar-refractivity contribution in [2.45, 2.75) is 221 Å². The Balaban J connectivity index is 5.13. The first-order valence-corrected chi connectivity index (χ1v) is 21.3. The lowest BCUT2D eigenvalue weighted by Gasteiger charge is -2.31. The molecular weight excluding hydrogens is 596 g/mol. The largest absolute Gasteiger partial charge is 0.461 e. The van der Waals surface area contributed by atoms with E-state index in [1.54, 1.807) is 0 Å². The summed E-state index contributed by atoms with van der Waals surface area (Å²) in [5.74, 6) is -0.0307. The second-order valence-electron chi connectivity index (χ2n) is 14.5. The Morgan fingerprint density at radius 3 is 1.02 bits per heavy atom. The molecule has 0 fully saturated rings. The highest BCUT2D eigenvalue weighted by Crippen LogP contribution is 2.16. The lowest BCUT2D eigenvalue weighted by atomic mass is 10.1. The number of unbranched alkanes of at least 4 members (excludes halogenated alkanes) is 18. The van der Waals surface area contributed by atoms with E-state index in [2.05, 4.69) is 51.3 Å². The zero-order valence-electron chi connectivity index (χ0n) is 33.3. The second-order valence-corrected chi connectivity index (χ2v) is 14.5. The fraction of sp³-hybridized carbons (Fsp3) is 0.952. The molecule has 0 aliphatic carbocycles. The standard InChI is InChI=1S/C42H84N2O4/c1-7-13-17-21-25-27-31-39(47-41(45)33-29-23-19-15-9-3)37-43(11-5)35-36-44(12-6)38-40(32-28-26-22-18-14-8-2)48-42(46)34-30-24-20-16-10-4/h39-40H,7-38H2,1-6H3. The van der Waals surface area contributed by atoms with Gasteiger partial charge in [0.2, 0.25) is 0 Å². The van der Waals surface area contributed by atoms with Crippen LogP contribution in [0.1, 0.15) is 208 Å². The van der Waals surface area contributed by atoms with Crippen molar-refractivity contribution in [2.24, 2.45) is 0 Å². The molecule has 0 aromatic rings. The van der Waals surface area contributed by atoms with Gasteiger partial charge in [0.15, 0.2) is 0 Å². The van der Waals surface area contributed by atoms with E-state index in [-0.39, 0.29) is 24.1 Å². The van der Waals surface area contributed by atoms with Crippen LogP contribution in [0.15, 0.2) is 0 Å². The van der Waals surface area contributed by atoms with Crippen LogP contribution in [0.4, 0.5) is 0 Å².